The van der Waals surface area contributed by atoms with Crippen molar-refractivity contribution in [3.8, 4) is 17.2 Å². The molecule has 0 bridgehead atoms. The topological polar surface area (TPSA) is 113 Å². The van der Waals surface area contributed by atoms with Gasteiger partial charge < -0.3 is 30.3 Å². The minimum atomic E-state index is -0.799. The number of aliphatic hydroxyl groups is 2. The SMILES string of the molecule is CNC(=O)c1ccc2c(Oc3ccc(C[C@@H](CO)NC[C@H](O)COc4ccc(F)cc4)cc3)ccnc2c1. The van der Waals surface area contributed by atoms with Gasteiger partial charge in [-0.15, -0.1) is 0 Å². The summed E-state index contributed by atoms with van der Waals surface area (Å²) in [6, 6.07) is 19.9. The monoisotopic (exact) mass is 519 g/mol. The van der Waals surface area contributed by atoms with Crippen molar-refractivity contribution in [1.82, 2.24) is 15.6 Å². The number of halogens is 1. The second-order valence-corrected chi connectivity index (χ2v) is 8.78. The molecular weight excluding hydrogens is 489 g/mol. The molecule has 4 N–H and O–H groups in total. The van der Waals surface area contributed by atoms with Crippen LogP contribution in [0.1, 0.15) is 15.9 Å². The third-order valence-corrected chi connectivity index (χ3v) is 5.94. The predicted molar refractivity (Wildman–Crippen MR) is 142 cm³/mol. The molecule has 1 amide bonds. The normalized spacial score (nSPS) is 12.6. The summed E-state index contributed by atoms with van der Waals surface area (Å²) in [4.78, 5) is 16.3. The molecule has 8 nitrogen and oxygen atoms in total. The van der Waals surface area contributed by atoms with E-state index in [0.717, 1.165) is 10.9 Å². The van der Waals surface area contributed by atoms with E-state index in [9.17, 15) is 19.4 Å². The molecular formula is C29H30FN3O5. The number of hydrogen-bond donors (Lipinski definition) is 4. The van der Waals surface area contributed by atoms with E-state index in [2.05, 4.69) is 15.6 Å². The Labute approximate surface area is 220 Å². The summed E-state index contributed by atoms with van der Waals surface area (Å²) in [5.41, 5.74) is 2.16. The first-order valence-electron chi connectivity index (χ1n) is 12.2. The highest BCUT2D eigenvalue weighted by atomic mass is 19.1. The molecule has 9 heteroatoms. The number of rotatable bonds is 12. The molecule has 0 aliphatic heterocycles. The van der Waals surface area contributed by atoms with Crippen LogP contribution in [-0.4, -0.2) is 60.1 Å². The molecule has 2 atom stereocenters. The summed E-state index contributed by atoms with van der Waals surface area (Å²) in [6.07, 6.45) is 1.38. The third-order valence-electron chi connectivity index (χ3n) is 5.94. The van der Waals surface area contributed by atoms with Crippen molar-refractivity contribution in [3.05, 3.63) is 95.9 Å². The van der Waals surface area contributed by atoms with Gasteiger partial charge in [-0.05, 0) is 72.6 Å². The Hall–Kier alpha value is -4.05. The highest BCUT2D eigenvalue weighted by molar-refractivity contribution is 5.98. The molecule has 1 heterocycles. The van der Waals surface area contributed by atoms with Crippen LogP contribution in [0.3, 0.4) is 0 Å². The van der Waals surface area contributed by atoms with Gasteiger partial charge in [0.1, 0.15) is 35.8 Å². The maximum Gasteiger partial charge on any atom is 0.251 e. The van der Waals surface area contributed by atoms with Crippen molar-refractivity contribution < 1.29 is 28.9 Å². The van der Waals surface area contributed by atoms with Gasteiger partial charge in [0, 0.05) is 36.8 Å². The predicted octanol–water partition coefficient (Wildman–Crippen LogP) is 3.46. The Morgan fingerprint density at radius 1 is 1.03 bits per heavy atom. The Morgan fingerprint density at radius 2 is 1.76 bits per heavy atom. The minimum absolute atomic E-state index is 0.0413. The molecule has 0 aliphatic rings. The number of hydrogen-bond acceptors (Lipinski definition) is 7. The van der Waals surface area contributed by atoms with Crippen LogP contribution in [0.25, 0.3) is 10.9 Å². The van der Waals surface area contributed by atoms with Crippen molar-refractivity contribution in [2.75, 3.05) is 26.8 Å². The molecule has 38 heavy (non-hydrogen) atoms. The average Bonchev–Trinajstić information content (AvgIpc) is 2.95. The lowest BCUT2D eigenvalue weighted by Gasteiger charge is -2.19. The summed E-state index contributed by atoms with van der Waals surface area (Å²) in [7, 11) is 1.58. The smallest absolute Gasteiger partial charge is 0.251 e. The van der Waals surface area contributed by atoms with Gasteiger partial charge in [0.25, 0.3) is 5.91 Å². The Kier molecular flexibility index (Phi) is 9.21. The maximum absolute atomic E-state index is 13.0. The van der Waals surface area contributed by atoms with Crippen molar-refractivity contribution in [3.63, 3.8) is 0 Å². The number of carbonyl (C=O) groups excluding carboxylic acids is 1. The zero-order valence-electron chi connectivity index (χ0n) is 20.9. The number of carbonyl (C=O) groups is 1. The van der Waals surface area contributed by atoms with Gasteiger partial charge in [-0.3, -0.25) is 9.78 Å². The van der Waals surface area contributed by atoms with Gasteiger partial charge in [0.15, 0.2) is 0 Å². The Bertz CT molecular complexity index is 1350. The van der Waals surface area contributed by atoms with Gasteiger partial charge in [-0.1, -0.05) is 12.1 Å². The van der Waals surface area contributed by atoms with Gasteiger partial charge in [0.05, 0.1) is 12.1 Å². The third kappa shape index (κ3) is 7.25. The van der Waals surface area contributed by atoms with E-state index in [-0.39, 0.29) is 37.5 Å². The molecule has 0 spiro atoms. The van der Waals surface area contributed by atoms with Crippen molar-refractivity contribution >= 4 is 16.8 Å². The van der Waals surface area contributed by atoms with Gasteiger partial charge in [0.2, 0.25) is 0 Å². The molecule has 0 saturated carbocycles. The summed E-state index contributed by atoms with van der Waals surface area (Å²) >= 11 is 0. The highest BCUT2D eigenvalue weighted by Crippen LogP contribution is 2.29. The fourth-order valence-electron chi connectivity index (χ4n) is 3.89. The number of amides is 1. The van der Waals surface area contributed by atoms with E-state index in [1.54, 1.807) is 31.4 Å². The highest BCUT2D eigenvalue weighted by Gasteiger charge is 2.13. The van der Waals surface area contributed by atoms with Crippen LogP contribution in [-0.2, 0) is 6.42 Å². The van der Waals surface area contributed by atoms with Crippen molar-refractivity contribution in [2.24, 2.45) is 0 Å². The number of nitrogens with one attached hydrogen (secondary N) is 2. The van der Waals surface area contributed by atoms with E-state index < -0.39 is 6.10 Å². The number of fused-ring (bicyclic) bond motifs is 1. The van der Waals surface area contributed by atoms with E-state index in [4.69, 9.17) is 9.47 Å². The van der Waals surface area contributed by atoms with Crippen LogP contribution in [0.4, 0.5) is 4.39 Å². The standard InChI is InChI=1S/C29H30FN3O5/c1-31-29(36)20-4-11-26-27(15-20)32-13-12-28(26)38-25-7-2-19(3-8-25)14-22(17-34)33-16-23(35)18-37-24-9-5-21(30)6-10-24/h2-13,15,22-23,33-35H,14,16-18H2,1H3,(H,31,36)/t22-,23-/m0/s1. The van der Waals surface area contributed by atoms with Gasteiger partial charge in [-0.25, -0.2) is 4.39 Å². The lowest BCUT2D eigenvalue weighted by Crippen LogP contribution is -2.41. The van der Waals surface area contributed by atoms with E-state index >= 15 is 0 Å². The van der Waals surface area contributed by atoms with E-state index in [1.807, 2.05) is 30.3 Å². The van der Waals surface area contributed by atoms with Gasteiger partial charge in [-0.2, -0.15) is 0 Å². The average molecular weight is 520 g/mol. The molecule has 4 aromatic rings. The van der Waals surface area contributed by atoms with Crippen LogP contribution < -0.4 is 20.1 Å². The van der Waals surface area contributed by atoms with E-state index in [1.165, 1.54) is 24.3 Å². The lowest BCUT2D eigenvalue weighted by molar-refractivity contribution is 0.0963. The second kappa shape index (κ2) is 13.0. The minimum Gasteiger partial charge on any atom is -0.491 e. The van der Waals surface area contributed by atoms with Crippen molar-refractivity contribution in [1.29, 1.82) is 0 Å². The molecule has 3 aromatic carbocycles. The summed E-state index contributed by atoms with van der Waals surface area (Å²) in [5.74, 6) is 1.20. The Balaban J connectivity index is 1.30. The lowest BCUT2D eigenvalue weighted by atomic mass is 10.1. The molecule has 0 saturated heterocycles. The fraction of sp³-hybridized carbons (Fsp3) is 0.241. The molecule has 0 unspecified atom stereocenters. The number of benzene rings is 3. The van der Waals surface area contributed by atoms with Crippen LogP contribution in [0.15, 0.2) is 79.0 Å². The van der Waals surface area contributed by atoms with Gasteiger partial charge >= 0.3 is 0 Å². The van der Waals surface area contributed by atoms with Crippen molar-refractivity contribution in [2.45, 2.75) is 18.6 Å². The molecule has 4 rings (SSSR count). The van der Waals surface area contributed by atoms with Crippen LogP contribution >= 0.6 is 0 Å². The first-order chi connectivity index (χ1) is 18.4. The van der Waals surface area contributed by atoms with Crippen LogP contribution in [0, 0.1) is 5.82 Å². The molecule has 0 aliphatic carbocycles. The number of aliphatic hydroxyl groups excluding tert-OH is 2. The summed E-state index contributed by atoms with van der Waals surface area (Å²) in [5, 5.41) is 26.5. The first-order valence-corrected chi connectivity index (χ1v) is 12.2. The zero-order valence-corrected chi connectivity index (χ0v) is 20.9. The first kappa shape index (κ1) is 27.0. The number of nitrogens with zero attached hydrogens (tertiary/aromatic N) is 1. The number of ether oxygens (including phenoxy) is 2. The van der Waals surface area contributed by atoms with Crippen LogP contribution in [0.5, 0.6) is 17.2 Å². The number of aromatic nitrogens is 1. The molecule has 1 aromatic heterocycles. The molecule has 0 fully saturated rings. The fourth-order valence-corrected chi connectivity index (χ4v) is 3.89. The number of pyridine rings is 1. The quantitative estimate of drug-likeness (QED) is 0.227. The second-order valence-electron chi connectivity index (χ2n) is 8.78. The maximum atomic E-state index is 13.0. The molecule has 198 valence electrons. The molecule has 0 radical (unpaired) electrons. The largest absolute Gasteiger partial charge is 0.491 e. The zero-order chi connectivity index (χ0) is 26.9. The van der Waals surface area contributed by atoms with Crippen LogP contribution in [0.2, 0.25) is 0 Å². The summed E-state index contributed by atoms with van der Waals surface area (Å²) in [6.45, 7) is 0.162. The van der Waals surface area contributed by atoms with E-state index in [0.29, 0.717) is 34.7 Å². The Morgan fingerprint density at radius 3 is 2.47 bits per heavy atom. The summed E-state index contributed by atoms with van der Waals surface area (Å²) < 4.78 is 24.5.